The molecule has 1 fully saturated rings. The van der Waals surface area contributed by atoms with Crippen LogP contribution in [0.2, 0.25) is 0 Å². The van der Waals surface area contributed by atoms with Crippen LogP contribution in [0.25, 0.3) is 0 Å². The zero-order chi connectivity index (χ0) is 13.0. The molecule has 1 aliphatic heterocycles. The van der Waals surface area contributed by atoms with E-state index in [4.69, 9.17) is 0 Å². The van der Waals surface area contributed by atoms with Gasteiger partial charge >= 0.3 is 0 Å². The van der Waals surface area contributed by atoms with E-state index in [0.717, 1.165) is 32.5 Å². The largest absolute Gasteiger partial charge is 0.359 e. The van der Waals surface area contributed by atoms with E-state index >= 15 is 0 Å². The molecule has 1 aromatic rings. The average Bonchev–Trinajstić information content (AvgIpc) is 2.40. The zero-order valence-electron chi connectivity index (χ0n) is 10.5. The minimum absolute atomic E-state index is 0.0946. The number of pyridine rings is 1. The maximum Gasteiger partial charge on any atom is 0.274 e. The van der Waals surface area contributed by atoms with Crippen LogP contribution in [-0.4, -0.2) is 36.6 Å². The van der Waals surface area contributed by atoms with Gasteiger partial charge < -0.3 is 10.2 Å². The van der Waals surface area contributed by atoms with E-state index in [1.54, 1.807) is 0 Å². The first-order valence-electron chi connectivity index (χ1n) is 6.19. The van der Waals surface area contributed by atoms with Crippen LogP contribution in [-0.2, 0) is 0 Å². The third kappa shape index (κ3) is 3.16. The fourth-order valence-corrected chi connectivity index (χ4v) is 2.28. The van der Waals surface area contributed by atoms with Gasteiger partial charge in [0, 0.05) is 25.9 Å². The smallest absolute Gasteiger partial charge is 0.274 e. The maximum absolute atomic E-state index is 10.7. The highest BCUT2D eigenvalue weighted by Gasteiger charge is 2.17. The van der Waals surface area contributed by atoms with Crippen molar-refractivity contribution in [2.45, 2.75) is 12.8 Å². The highest BCUT2D eigenvalue weighted by atomic mass is 16.6. The number of rotatable bonds is 4. The SMILES string of the molecule is CN(CC1CCNCC1)c1cc([N+](=O)[O-])ccn1. The first-order valence-corrected chi connectivity index (χ1v) is 6.19. The topological polar surface area (TPSA) is 71.3 Å². The van der Waals surface area contributed by atoms with E-state index in [1.165, 1.54) is 18.3 Å². The van der Waals surface area contributed by atoms with Crippen LogP contribution in [0.3, 0.4) is 0 Å². The second kappa shape index (κ2) is 5.77. The first-order chi connectivity index (χ1) is 8.66. The number of piperidine rings is 1. The number of anilines is 1. The summed E-state index contributed by atoms with van der Waals surface area (Å²) in [6.45, 7) is 3.01. The summed E-state index contributed by atoms with van der Waals surface area (Å²) in [6, 6.07) is 2.95. The molecule has 0 aliphatic carbocycles. The van der Waals surface area contributed by atoms with E-state index in [1.807, 2.05) is 11.9 Å². The Morgan fingerprint density at radius 3 is 2.94 bits per heavy atom. The van der Waals surface area contributed by atoms with Crippen LogP contribution in [0.1, 0.15) is 12.8 Å². The predicted octanol–water partition coefficient (Wildman–Crippen LogP) is 1.43. The van der Waals surface area contributed by atoms with Crippen LogP contribution >= 0.6 is 0 Å². The summed E-state index contributed by atoms with van der Waals surface area (Å²) in [4.78, 5) is 16.5. The molecule has 6 heteroatoms. The van der Waals surface area contributed by atoms with Crippen LogP contribution in [0.15, 0.2) is 18.3 Å². The third-order valence-electron chi connectivity index (χ3n) is 3.32. The number of hydrogen-bond donors (Lipinski definition) is 1. The third-order valence-corrected chi connectivity index (χ3v) is 3.32. The molecule has 0 aromatic carbocycles. The Balaban J connectivity index is 2.01. The molecule has 0 bridgehead atoms. The quantitative estimate of drug-likeness (QED) is 0.646. The van der Waals surface area contributed by atoms with Crippen LogP contribution < -0.4 is 10.2 Å². The summed E-state index contributed by atoms with van der Waals surface area (Å²) in [6.07, 6.45) is 3.80. The normalized spacial score (nSPS) is 16.5. The fraction of sp³-hybridized carbons (Fsp3) is 0.583. The van der Waals surface area contributed by atoms with Gasteiger partial charge in [-0.15, -0.1) is 0 Å². The van der Waals surface area contributed by atoms with Gasteiger partial charge in [-0.3, -0.25) is 10.1 Å². The lowest BCUT2D eigenvalue weighted by atomic mass is 9.98. The summed E-state index contributed by atoms with van der Waals surface area (Å²) in [5.74, 6) is 1.31. The molecule has 0 atom stereocenters. The number of nitro groups is 1. The zero-order valence-corrected chi connectivity index (χ0v) is 10.5. The minimum Gasteiger partial charge on any atom is -0.359 e. The molecular weight excluding hydrogens is 232 g/mol. The molecule has 1 saturated heterocycles. The van der Waals surface area contributed by atoms with Gasteiger partial charge in [-0.25, -0.2) is 4.98 Å². The molecule has 98 valence electrons. The molecule has 18 heavy (non-hydrogen) atoms. The molecule has 1 aromatic heterocycles. The van der Waals surface area contributed by atoms with E-state index in [-0.39, 0.29) is 10.6 Å². The van der Waals surface area contributed by atoms with Crippen molar-refractivity contribution in [2.24, 2.45) is 5.92 Å². The summed E-state index contributed by atoms with van der Waals surface area (Å²) >= 11 is 0. The van der Waals surface area contributed by atoms with Gasteiger partial charge in [-0.05, 0) is 31.8 Å². The van der Waals surface area contributed by atoms with Crippen molar-refractivity contribution in [3.05, 3.63) is 28.4 Å². The first kappa shape index (κ1) is 12.8. The summed E-state index contributed by atoms with van der Waals surface area (Å²) in [7, 11) is 1.94. The number of nitrogens with one attached hydrogen (secondary N) is 1. The van der Waals surface area contributed by atoms with Gasteiger partial charge in [0.15, 0.2) is 0 Å². The van der Waals surface area contributed by atoms with Gasteiger partial charge in [-0.1, -0.05) is 0 Å². The molecule has 0 saturated carbocycles. The van der Waals surface area contributed by atoms with Crippen molar-refractivity contribution in [3.8, 4) is 0 Å². The molecule has 0 amide bonds. The Hall–Kier alpha value is -1.69. The van der Waals surface area contributed by atoms with E-state index in [9.17, 15) is 10.1 Å². The van der Waals surface area contributed by atoms with Crippen molar-refractivity contribution in [2.75, 3.05) is 31.6 Å². The molecule has 1 aliphatic rings. The van der Waals surface area contributed by atoms with E-state index in [0.29, 0.717) is 11.7 Å². The average molecular weight is 250 g/mol. The van der Waals surface area contributed by atoms with Crippen molar-refractivity contribution in [1.29, 1.82) is 0 Å². The lowest BCUT2D eigenvalue weighted by Crippen LogP contribution is -2.34. The standard InChI is InChI=1S/C12H18N4O2/c1-15(9-10-2-5-13-6-3-10)12-8-11(16(17)18)4-7-14-12/h4,7-8,10,13H,2-3,5-6,9H2,1H3. The van der Waals surface area contributed by atoms with Crippen LogP contribution in [0.4, 0.5) is 11.5 Å². The van der Waals surface area contributed by atoms with Crippen molar-refractivity contribution >= 4 is 11.5 Å². The second-order valence-corrected chi connectivity index (χ2v) is 4.70. The summed E-state index contributed by atoms with van der Waals surface area (Å²) in [5.41, 5.74) is 0.0946. The van der Waals surface area contributed by atoms with Crippen molar-refractivity contribution < 1.29 is 4.92 Å². The Labute approximate surface area is 106 Å². The van der Waals surface area contributed by atoms with Crippen molar-refractivity contribution in [3.63, 3.8) is 0 Å². The van der Waals surface area contributed by atoms with Gasteiger partial charge in [0.2, 0.25) is 0 Å². The van der Waals surface area contributed by atoms with Gasteiger partial charge in [0.25, 0.3) is 5.69 Å². The van der Waals surface area contributed by atoms with Gasteiger partial charge in [0.1, 0.15) is 5.82 Å². The lowest BCUT2D eigenvalue weighted by molar-refractivity contribution is -0.384. The highest BCUT2D eigenvalue weighted by Crippen LogP contribution is 2.20. The molecule has 2 heterocycles. The lowest BCUT2D eigenvalue weighted by Gasteiger charge is -2.28. The predicted molar refractivity (Wildman–Crippen MR) is 69.8 cm³/mol. The molecule has 1 N–H and O–H groups in total. The minimum atomic E-state index is -0.385. The van der Waals surface area contributed by atoms with Crippen LogP contribution in [0.5, 0.6) is 0 Å². The molecule has 2 rings (SSSR count). The van der Waals surface area contributed by atoms with Gasteiger partial charge in [-0.2, -0.15) is 0 Å². The monoisotopic (exact) mass is 250 g/mol. The second-order valence-electron chi connectivity index (χ2n) is 4.70. The molecule has 0 radical (unpaired) electrons. The Kier molecular flexibility index (Phi) is 4.09. The summed E-state index contributed by atoms with van der Waals surface area (Å²) in [5, 5.41) is 14.0. The molecule has 0 spiro atoms. The Morgan fingerprint density at radius 2 is 2.28 bits per heavy atom. The van der Waals surface area contributed by atoms with E-state index < -0.39 is 0 Å². The van der Waals surface area contributed by atoms with E-state index in [2.05, 4.69) is 10.3 Å². The molecular formula is C12H18N4O2. The highest BCUT2D eigenvalue weighted by molar-refractivity contribution is 5.45. The number of nitrogens with zero attached hydrogens (tertiary/aromatic N) is 3. The molecule has 6 nitrogen and oxygen atoms in total. The summed E-state index contributed by atoms with van der Waals surface area (Å²) < 4.78 is 0. The molecule has 0 unspecified atom stereocenters. The number of aromatic nitrogens is 1. The number of hydrogen-bond acceptors (Lipinski definition) is 5. The Morgan fingerprint density at radius 1 is 1.56 bits per heavy atom. The fourth-order valence-electron chi connectivity index (χ4n) is 2.28. The van der Waals surface area contributed by atoms with Crippen LogP contribution in [0, 0.1) is 16.0 Å². The van der Waals surface area contributed by atoms with Gasteiger partial charge in [0.05, 0.1) is 11.0 Å². The Bertz CT molecular complexity index is 418. The maximum atomic E-state index is 10.7. The van der Waals surface area contributed by atoms with Crippen molar-refractivity contribution in [1.82, 2.24) is 10.3 Å².